The lowest BCUT2D eigenvalue weighted by Crippen LogP contribution is -2.13. The molecule has 0 fully saturated rings. The van der Waals surface area contributed by atoms with Crippen LogP contribution in [-0.2, 0) is 13.0 Å². The Morgan fingerprint density at radius 3 is 2.32 bits per heavy atom. The molecule has 3 aromatic rings. The van der Waals surface area contributed by atoms with Crippen LogP contribution >= 0.6 is 0 Å². The molecular weight excluding hydrogens is 351 g/mol. The number of nitrogens with zero attached hydrogens (tertiary/aromatic N) is 1. The molecule has 1 heterocycles. The Labute approximate surface area is 166 Å². The highest BCUT2D eigenvalue weighted by Gasteiger charge is 2.24. The molecule has 1 aromatic heterocycles. The molecule has 0 bridgehead atoms. The van der Waals surface area contributed by atoms with Gasteiger partial charge in [-0.15, -0.1) is 0 Å². The molecule has 0 atom stereocenters. The van der Waals surface area contributed by atoms with Crippen molar-refractivity contribution < 1.29 is 9.18 Å². The maximum Gasteiger partial charge on any atom is 0.251 e. The molecule has 1 amide bonds. The van der Waals surface area contributed by atoms with Gasteiger partial charge in [-0.1, -0.05) is 62.2 Å². The molecule has 0 saturated heterocycles. The number of hydrogen-bond donors (Lipinski definition) is 1. The van der Waals surface area contributed by atoms with Gasteiger partial charge in [0.05, 0.1) is 5.56 Å². The molecule has 0 unspecified atom stereocenters. The minimum absolute atomic E-state index is 0.294. The maximum atomic E-state index is 13.5. The largest absolute Gasteiger partial charge is 0.366 e. The van der Waals surface area contributed by atoms with Gasteiger partial charge in [0.25, 0.3) is 5.91 Å². The molecule has 3 nitrogen and oxygen atoms in total. The molecule has 28 heavy (non-hydrogen) atoms. The van der Waals surface area contributed by atoms with E-state index in [0.717, 1.165) is 48.2 Å². The summed E-state index contributed by atoms with van der Waals surface area (Å²) in [6.07, 6.45) is 4.11. The third kappa shape index (κ3) is 4.16. The van der Waals surface area contributed by atoms with Gasteiger partial charge in [0.2, 0.25) is 0 Å². The zero-order valence-corrected chi connectivity index (χ0v) is 16.5. The molecular formula is C24H27FN2O. The molecule has 0 aliphatic heterocycles. The van der Waals surface area contributed by atoms with Crippen molar-refractivity contribution in [3.8, 4) is 11.1 Å². The van der Waals surface area contributed by atoms with E-state index in [2.05, 4.69) is 23.6 Å². The second-order valence-corrected chi connectivity index (χ2v) is 7.18. The molecule has 0 aliphatic carbocycles. The van der Waals surface area contributed by atoms with Crippen LogP contribution < -0.4 is 5.73 Å². The lowest BCUT2D eigenvalue weighted by molar-refractivity contribution is 0.1000. The summed E-state index contributed by atoms with van der Waals surface area (Å²) in [7, 11) is 0. The summed E-state index contributed by atoms with van der Waals surface area (Å²) >= 11 is 0. The van der Waals surface area contributed by atoms with Crippen LogP contribution in [-0.4, -0.2) is 10.5 Å². The van der Waals surface area contributed by atoms with Gasteiger partial charge in [-0.25, -0.2) is 4.39 Å². The first kappa shape index (κ1) is 19.9. The number of aromatic nitrogens is 1. The lowest BCUT2D eigenvalue weighted by Gasteiger charge is -2.14. The zero-order chi connectivity index (χ0) is 20.1. The number of unbranched alkanes of at least 4 members (excludes halogenated alkanes) is 2. The van der Waals surface area contributed by atoms with Gasteiger partial charge in [-0.3, -0.25) is 4.79 Å². The smallest absolute Gasteiger partial charge is 0.251 e. The van der Waals surface area contributed by atoms with Gasteiger partial charge in [0.15, 0.2) is 0 Å². The minimum Gasteiger partial charge on any atom is -0.366 e. The lowest BCUT2D eigenvalue weighted by atomic mass is 9.97. The van der Waals surface area contributed by atoms with Crippen molar-refractivity contribution in [2.45, 2.75) is 46.1 Å². The molecule has 0 aliphatic rings. The Morgan fingerprint density at radius 2 is 1.71 bits per heavy atom. The molecule has 2 aromatic carbocycles. The molecule has 0 saturated carbocycles. The van der Waals surface area contributed by atoms with Crippen LogP contribution in [0.1, 0.15) is 53.5 Å². The Kier molecular flexibility index (Phi) is 6.30. The van der Waals surface area contributed by atoms with E-state index in [1.165, 1.54) is 17.7 Å². The topological polar surface area (TPSA) is 48.0 Å². The highest BCUT2D eigenvalue weighted by atomic mass is 19.1. The zero-order valence-electron chi connectivity index (χ0n) is 16.5. The fourth-order valence-electron chi connectivity index (χ4n) is 3.81. The highest BCUT2D eigenvalue weighted by Crippen LogP contribution is 2.34. The first-order chi connectivity index (χ1) is 13.5. The monoisotopic (exact) mass is 378 g/mol. The van der Waals surface area contributed by atoms with E-state index >= 15 is 0 Å². The number of hydrogen-bond acceptors (Lipinski definition) is 1. The Hall–Kier alpha value is -2.88. The predicted molar refractivity (Wildman–Crippen MR) is 112 cm³/mol. The minimum atomic E-state index is -0.444. The van der Waals surface area contributed by atoms with Crippen LogP contribution in [0.15, 0.2) is 54.6 Å². The average Bonchev–Trinajstić information content (AvgIpc) is 2.96. The molecule has 3 rings (SSSR count). The molecule has 146 valence electrons. The number of halogens is 1. The summed E-state index contributed by atoms with van der Waals surface area (Å²) in [6.45, 7) is 4.79. The fourth-order valence-corrected chi connectivity index (χ4v) is 3.81. The third-order valence-electron chi connectivity index (χ3n) is 5.21. The van der Waals surface area contributed by atoms with E-state index in [1.54, 1.807) is 12.1 Å². The van der Waals surface area contributed by atoms with Crippen LogP contribution in [0.5, 0.6) is 0 Å². The van der Waals surface area contributed by atoms with Crippen LogP contribution in [0.3, 0.4) is 0 Å². The van der Waals surface area contributed by atoms with Gasteiger partial charge in [0.1, 0.15) is 5.82 Å². The number of primary amides is 1. The van der Waals surface area contributed by atoms with Crippen molar-refractivity contribution in [1.82, 2.24) is 4.57 Å². The molecule has 2 N–H and O–H groups in total. The average molecular weight is 378 g/mol. The standard InChI is InChI=1S/C24H27FN2O/c1-3-4-6-11-21-23(19-12-14-20(25)15-13-19)22(24(26)28)17(2)27(21)16-18-9-7-5-8-10-18/h5,7-10,12-15H,3-4,6,11,16H2,1-2H3,(H2,26,28). The van der Waals surface area contributed by atoms with Crippen molar-refractivity contribution >= 4 is 5.91 Å². The summed E-state index contributed by atoms with van der Waals surface area (Å²) in [5, 5.41) is 0. The van der Waals surface area contributed by atoms with E-state index in [9.17, 15) is 9.18 Å². The summed E-state index contributed by atoms with van der Waals surface area (Å²) in [6, 6.07) is 16.5. The van der Waals surface area contributed by atoms with Crippen LogP contribution in [0.4, 0.5) is 4.39 Å². The first-order valence-corrected chi connectivity index (χ1v) is 9.84. The van der Waals surface area contributed by atoms with E-state index < -0.39 is 5.91 Å². The van der Waals surface area contributed by atoms with Crippen molar-refractivity contribution in [1.29, 1.82) is 0 Å². The molecule has 4 heteroatoms. The number of carbonyl (C=O) groups is 1. The summed E-state index contributed by atoms with van der Waals surface area (Å²) < 4.78 is 15.7. The van der Waals surface area contributed by atoms with E-state index in [1.807, 2.05) is 25.1 Å². The van der Waals surface area contributed by atoms with Gasteiger partial charge >= 0.3 is 0 Å². The second-order valence-electron chi connectivity index (χ2n) is 7.18. The second kappa shape index (κ2) is 8.87. The predicted octanol–water partition coefficient (Wildman–Crippen LogP) is 5.48. The number of benzene rings is 2. The van der Waals surface area contributed by atoms with Gasteiger partial charge in [0, 0.05) is 23.5 Å². The Balaban J connectivity index is 2.18. The highest BCUT2D eigenvalue weighted by molar-refractivity contribution is 6.02. The number of amides is 1. The molecule has 0 spiro atoms. The van der Waals surface area contributed by atoms with Gasteiger partial charge < -0.3 is 10.3 Å². The Morgan fingerprint density at radius 1 is 1.04 bits per heavy atom. The van der Waals surface area contributed by atoms with Crippen molar-refractivity contribution in [2.24, 2.45) is 5.73 Å². The van der Waals surface area contributed by atoms with E-state index in [-0.39, 0.29) is 5.82 Å². The number of nitrogens with two attached hydrogens (primary N) is 1. The Bertz CT molecular complexity index is 943. The van der Waals surface area contributed by atoms with Gasteiger partial charge in [-0.2, -0.15) is 0 Å². The fraction of sp³-hybridized carbons (Fsp3) is 0.292. The summed E-state index contributed by atoms with van der Waals surface area (Å²) in [5.41, 5.74) is 11.1. The van der Waals surface area contributed by atoms with Crippen molar-refractivity contribution in [3.63, 3.8) is 0 Å². The summed E-state index contributed by atoms with van der Waals surface area (Å²) in [5.74, 6) is -0.738. The normalized spacial score (nSPS) is 11.0. The van der Waals surface area contributed by atoms with Crippen LogP contribution in [0, 0.1) is 12.7 Å². The molecule has 0 radical (unpaired) electrons. The maximum absolute atomic E-state index is 13.5. The quantitative estimate of drug-likeness (QED) is 0.518. The van der Waals surface area contributed by atoms with Crippen molar-refractivity contribution in [2.75, 3.05) is 0 Å². The van der Waals surface area contributed by atoms with Crippen LogP contribution in [0.25, 0.3) is 11.1 Å². The third-order valence-corrected chi connectivity index (χ3v) is 5.21. The number of rotatable bonds is 8. The van der Waals surface area contributed by atoms with E-state index in [0.29, 0.717) is 12.1 Å². The van der Waals surface area contributed by atoms with Gasteiger partial charge in [-0.05, 0) is 43.0 Å². The SMILES string of the molecule is CCCCCc1c(-c2ccc(F)cc2)c(C(N)=O)c(C)n1Cc1ccccc1. The van der Waals surface area contributed by atoms with Crippen LogP contribution in [0.2, 0.25) is 0 Å². The first-order valence-electron chi connectivity index (χ1n) is 9.84. The summed E-state index contributed by atoms with van der Waals surface area (Å²) in [4.78, 5) is 12.4. The number of carbonyl (C=O) groups excluding carboxylic acids is 1. The van der Waals surface area contributed by atoms with Crippen molar-refractivity contribution in [3.05, 3.63) is 82.9 Å². The van der Waals surface area contributed by atoms with E-state index in [4.69, 9.17) is 5.73 Å².